The third-order valence-electron chi connectivity index (χ3n) is 3.40. The van der Waals surface area contributed by atoms with Crippen LogP contribution in [0.1, 0.15) is 32.0 Å². The van der Waals surface area contributed by atoms with Gasteiger partial charge >= 0.3 is 0 Å². The summed E-state index contributed by atoms with van der Waals surface area (Å²) in [6.07, 6.45) is 6.22. The number of halogens is 1. The van der Waals surface area contributed by atoms with Crippen molar-refractivity contribution in [3.8, 4) is 0 Å². The van der Waals surface area contributed by atoms with Gasteiger partial charge in [-0.15, -0.1) is 11.6 Å². The van der Waals surface area contributed by atoms with Crippen LogP contribution in [-0.2, 0) is 13.5 Å². The summed E-state index contributed by atoms with van der Waals surface area (Å²) in [7, 11) is 1.94. The summed E-state index contributed by atoms with van der Waals surface area (Å²) in [5.41, 5.74) is 0. The maximum absolute atomic E-state index is 6.36. The van der Waals surface area contributed by atoms with E-state index in [2.05, 4.69) is 17.0 Å². The number of alkyl halides is 1. The van der Waals surface area contributed by atoms with Gasteiger partial charge in [-0.2, -0.15) is 5.10 Å². The van der Waals surface area contributed by atoms with Crippen LogP contribution in [0.5, 0.6) is 0 Å². The molecule has 15 heavy (non-hydrogen) atoms. The summed E-state index contributed by atoms with van der Waals surface area (Å²) in [6.45, 7) is 2.31. The van der Waals surface area contributed by atoms with Gasteiger partial charge in [-0.1, -0.05) is 6.92 Å². The van der Waals surface area contributed by atoms with E-state index in [0.29, 0.717) is 11.3 Å². The van der Waals surface area contributed by atoms with Gasteiger partial charge < -0.3 is 0 Å². The Morgan fingerprint density at radius 3 is 3.00 bits per heavy atom. The third-order valence-corrected chi connectivity index (χ3v) is 3.98. The highest BCUT2D eigenvalue weighted by Crippen LogP contribution is 2.34. The Balaban J connectivity index is 2.01. The first-order valence-electron chi connectivity index (χ1n) is 5.63. The largest absolute Gasteiger partial charge is 0.253 e. The van der Waals surface area contributed by atoms with Gasteiger partial charge in [-0.25, -0.2) is 4.98 Å². The van der Waals surface area contributed by atoms with Gasteiger partial charge in [0.05, 0.1) is 0 Å². The highest BCUT2D eigenvalue weighted by molar-refractivity contribution is 6.20. The maximum atomic E-state index is 6.36. The minimum atomic E-state index is 0.318. The van der Waals surface area contributed by atoms with Crippen molar-refractivity contribution in [3.05, 3.63) is 12.2 Å². The first-order valence-corrected chi connectivity index (χ1v) is 6.07. The lowest BCUT2D eigenvalue weighted by atomic mass is 9.80. The zero-order valence-electron chi connectivity index (χ0n) is 9.36. The van der Waals surface area contributed by atoms with Crippen LogP contribution in [0, 0.1) is 11.8 Å². The van der Waals surface area contributed by atoms with E-state index < -0.39 is 0 Å². The van der Waals surface area contributed by atoms with Crippen LogP contribution in [-0.4, -0.2) is 20.1 Å². The second-order valence-corrected chi connectivity index (χ2v) is 5.26. The Hall–Kier alpha value is -0.570. The topological polar surface area (TPSA) is 30.7 Å². The molecule has 1 aromatic heterocycles. The maximum Gasteiger partial charge on any atom is 0.138 e. The van der Waals surface area contributed by atoms with Crippen LogP contribution >= 0.6 is 11.6 Å². The second-order valence-electron chi connectivity index (χ2n) is 4.70. The molecule has 1 saturated carbocycles. The van der Waals surface area contributed by atoms with Crippen LogP contribution in [0.3, 0.4) is 0 Å². The molecule has 3 unspecified atom stereocenters. The first-order chi connectivity index (χ1) is 7.16. The molecular weight excluding hydrogens is 210 g/mol. The highest BCUT2D eigenvalue weighted by atomic mass is 35.5. The van der Waals surface area contributed by atoms with E-state index in [1.807, 2.05) is 11.7 Å². The Morgan fingerprint density at radius 2 is 2.33 bits per heavy atom. The molecule has 3 nitrogen and oxygen atoms in total. The van der Waals surface area contributed by atoms with Crippen molar-refractivity contribution in [3.63, 3.8) is 0 Å². The Bertz CT molecular complexity index is 323. The molecule has 0 radical (unpaired) electrons. The molecular formula is C11H18ClN3. The second kappa shape index (κ2) is 4.52. The molecule has 0 saturated heterocycles. The minimum Gasteiger partial charge on any atom is -0.253 e. The number of rotatable bonds is 2. The summed E-state index contributed by atoms with van der Waals surface area (Å²) < 4.78 is 1.85. The van der Waals surface area contributed by atoms with Gasteiger partial charge in [0.2, 0.25) is 0 Å². The zero-order chi connectivity index (χ0) is 10.8. The van der Waals surface area contributed by atoms with Crippen molar-refractivity contribution >= 4 is 11.6 Å². The minimum absolute atomic E-state index is 0.318. The highest BCUT2D eigenvalue weighted by Gasteiger charge is 2.28. The van der Waals surface area contributed by atoms with Gasteiger partial charge in [0.15, 0.2) is 0 Å². The number of aryl methyl sites for hydroxylation is 1. The summed E-state index contributed by atoms with van der Waals surface area (Å²) in [5.74, 6) is 2.43. The van der Waals surface area contributed by atoms with Gasteiger partial charge in [0, 0.05) is 18.8 Å². The lowest BCUT2D eigenvalue weighted by molar-refractivity contribution is 0.282. The van der Waals surface area contributed by atoms with E-state index in [-0.39, 0.29) is 0 Å². The molecule has 0 bridgehead atoms. The molecule has 0 aliphatic heterocycles. The van der Waals surface area contributed by atoms with Crippen LogP contribution in [0.15, 0.2) is 6.33 Å². The Kier molecular flexibility index (Phi) is 3.29. The number of nitrogens with zero attached hydrogens (tertiary/aromatic N) is 3. The number of hydrogen-bond donors (Lipinski definition) is 0. The third kappa shape index (κ3) is 2.51. The van der Waals surface area contributed by atoms with Crippen molar-refractivity contribution in [2.45, 2.75) is 38.0 Å². The smallest absolute Gasteiger partial charge is 0.138 e. The predicted molar refractivity (Wildman–Crippen MR) is 60.9 cm³/mol. The molecule has 2 rings (SSSR count). The average Bonchev–Trinajstić information content (AvgIpc) is 2.58. The summed E-state index contributed by atoms with van der Waals surface area (Å²) in [5, 5.41) is 4.41. The fraction of sp³-hybridized carbons (Fsp3) is 0.818. The van der Waals surface area contributed by atoms with E-state index >= 15 is 0 Å². The van der Waals surface area contributed by atoms with Gasteiger partial charge in [0.25, 0.3) is 0 Å². The summed E-state index contributed by atoms with van der Waals surface area (Å²) in [4.78, 5) is 4.26. The van der Waals surface area contributed by atoms with Crippen LogP contribution in [0.4, 0.5) is 0 Å². The standard InChI is InChI=1S/C11H18ClN3/c1-8-3-4-10(12)9(5-8)6-11-13-7-14-15(11)2/h7-10H,3-6H2,1-2H3. The number of aromatic nitrogens is 3. The van der Waals surface area contributed by atoms with Crippen molar-refractivity contribution in [2.24, 2.45) is 18.9 Å². The van der Waals surface area contributed by atoms with Gasteiger partial charge in [-0.3, -0.25) is 4.68 Å². The van der Waals surface area contributed by atoms with Crippen LogP contribution in [0.25, 0.3) is 0 Å². The Labute approximate surface area is 95.8 Å². The van der Waals surface area contributed by atoms with Crippen molar-refractivity contribution < 1.29 is 0 Å². The van der Waals surface area contributed by atoms with E-state index in [9.17, 15) is 0 Å². The molecule has 0 spiro atoms. The lowest BCUT2D eigenvalue weighted by Gasteiger charge is -2.30. The SMILES string of the molecule is CC1CCC(Cl)C(Cc2ncnn2C)C1. The number of hydrogen-bond acceptors (Lipinski definition) is 2. The van der Waals surface area contributed by atoms with E-state index in [0.717, 1.165) is 24.6 Å². The van der Waals surface area contributed by atoms with Crippen molar-refractivity contribution in [2.75, 3.05) is 0 Å². The van der Waals surface area contributed by atoms with Crippen LogP contribution in [0.2, 0.25) is 0 Å². The molecule has 4 heteroatoms. The van der Waals surface area contributed by atoms with Crippen molar-refractivity contribution in [1.29, 1.82) is 0 Å². The van der Waals surface area contributed by atoms with Crippen molar-refractivity contribution in [1.82, 2.24) is 14.8 Å². The first kappa shape index (κ1) is 10.9. The zero-order valence-corrected chi connectivity index (χ0v) is 10.1. The van der Waals surface area contributed by atoms with E-state index in [1.165, 1.54) is 12.8 Å². The molecule has 0 N–H and O–H groups in total. The monoisotopic (exact) mass is 227 g/mol. The summed E-state index contributed by atoms with van der Waals surface area (Å²) >= 11 is 6.36. The molecule has 1 heterocycles. The normalized spacial score (nSPS) is 31.8. The fourth-order valence-electron chi connectivity index (χ4n) is 2.41. The summed E-state index contributed by atoms with van der Waals surface area (Å²) in [6, 6.07) is 0. The molecule has 1 aliphatic carbocycles. The molecule has 0 amide bonds. The van der Waals surface area contributed by atoms with Gasteiger partial charge in [-0.05, 0) is 31.1 Å². The molecule has 1 aliphatic rings. The lowest BCUT2D eigenvalue weighted by Crippen LogP contribution is -2.27. The predicted octanol–water partition coefficient (Wildman–Crippen LogP) is 2.40. The molecule has 1 aromatic rings. The van der Waals surface area contributed by atoms with Crippen LogP contribution < -0.4 is 0 Å². The molecule has 3 atom stereocenters. The van der Waals surface area contributed by atoms with E-state index in [4.69, 9.17) is 11.6 Å². The fourth-order valence-corrected chi connectivity index (χ4v) is 2.73. The molecule has 1 fully saturated rings. The van der Waals surface area contributed by atoms with Gasteiger partial charge in [0.1, 0.15) is 12.2 Å². The quantitative estimate of drug-likeness (QED) is 0.727. The molecule has 84 valence electrons. The van der Waals surface area contributed by atoms with E-state index in [1.54, 1.807) is 6.33 Å². The molecule has 0 aromatic carbocycles. The Morgan fingerprint density at radius 1 is 1.53 bits per heavy atom. The average molecular weight is 228 g/mol.